The second-order valence-corrected chi connectivity index (χ2v) is 10.1. The van der Waals surface area contributed by atoms with Crippen LogP contribution in [0.4, 0.5) is 0 Å². The van der Waals surface area contributed by atoms with Gasteiger partial charge in [-0.05, 0) is 25.7 Å². The van der Waals surface area contributed by atoms with E-state index in [1.165, 1.54) is 115 Å². The molecule has 4 nitrogen and oxygen atoms in total. The van der Waals surface area contributed by atoms with E-state index in [4.69, 9.17) is 9.84 Å². The van der Waals surface area contributed by atoms with Gasteiger partial charge in [-0.25, -0.2) is 0 Å². The molecule has 0 rings (SSSR count). The van der Waals surface area contributed by atoms with Crippen LogP contribution in [0.15, 0.2) is 24.8 Å². The van der Waals surface area contributed by atoms with Gasteiger partial charge in [-0.3, -0.25) is 9.59 Å². The Hall–Kier alpha value is -1.58. The molecule has 1 unspecified atom stereocenters. The molecule has 1 atom stereocenters. The Kier molecular flexibility index (Phi) is 25.8. The molecule has 0 bridgehead atoms. The predicted octanol–water partition coefficient (Wildman–Crippen LogP) is 9.57. The van der Waals surface area contributed by atoms with E-state index in [9.17, 15) is 9.59 Å². The molecule has 0 heterocycles. The van der Waals surface area contributed by atoms with Gasteiger partial charge in [-0.15, -0.1) is 0 Å². The van der Waals surface area contributed by atoms with Crippen molar-refractivity contribution in [3.63, 3.8) is 0 Å². The molecule has 4 heteroatoms. The van der Waals surface area contributed by atoms with Gasteiger partial charge < -0.3 is 9.84 Å². The van der Waals surface area contributed by atoms with Crippen LogP contribution < -0.4 is 0 Å². The van der Waals surface area contributed by atoms with Crippen LogP contribution in [0.1, 0.15) is 148 Å². The zero-order valence-electron chi connectivity index (χ0n) is 23.0. The van der Waals surface area contributed by atoms with Crippen molar-refractivity contribution in [1.82, 2.24) is 0 Å². The number of carboxylic acids is 1. The lowest BCUT2D eigenvalue weighted by molar-refractivity contribution is -0.152. The molecule has 0 radical (unpaired) electrons. The van der Waals surface area contributed by atoms with Gasteiger partial charge in [0.1, 0.15) is 6.61 Å². The van der Waals surface area contributed by atoms with Crippen molar-refractivity contribution < 1.29 is 19.4 Å². The van der Waals surface area contributed by atoms with Crippen molar-refractivity contribution in [2.45, 2.75) is 148 Å². The SMILES string of the molecule is C=CCOC(=O)C(CCCCCCCCCCCCCCCCCC/C=C/CCCC)CC(=O)O. The summed E-state index contributed by atoms with van der Waals surface area (Å²) in [6.45, 7) is 5.91. The molecule has 0 spiro atoms. The summed E-state index contributed by atoms with van der Waals surface area (Å²) < 4.78 is 5.03. The highest BCUT2D eigenvalue weighted by Gasteiger charge is 2.22. The lowest BCUT2D eigenvalue weighted by atomic mass is 9.97. The standard InChI is InChI=1S/C31H56O4/c1-3-5-6-7-8-9-10-11-12-13-14-15-16-17-18-19-20-21-22-23-24-25-26-29(28-30(32)33)31(34)35-27-4-2/h4,7-8,29H,2-3,5-6,9-28H2,1H3,(H,32,33)/b8-7+. The number of allylic oxidation sites excluding steroid dienone is 2. The van der Waals surface area contributed by atoms with Crippen LogP contribution >= 0.6 is 0 Å². The first kappa shape index (κ1) is 33.4. The zero-order valence-corrected chi connectivity index (χ0v) is 23.0. The molecule has 0 saturated heterocycles. The van der Waals surface area contributed by atoms with Gasteiger partial charge in [-0.2, -0.15) is 0 Å². The Balaban J connectivity index is 3.39. The molecule has 0 fully saturated rings. The van der Waals surface area contributed by atoms with Gasteiger partial charge in [0, 0.05) is 0 Å². The first-order valence-electron chi connectivity index (χ1n) is 14.8. The fourth-order valence-corrected chi connectivity index (χ4v) is 4.46. The summed E-state index contributed by atoms with van der Waals surface area (Å²) in [7, 11) is 0. The topological polar surface area (TPSA) is 63.6 Å². The third-order valence-electron chi connectivity index (χ3n) is 6.66. The van der Waals surface area contributed by atoms with Crippen molar-refractivity contribution >= 4 is 11.9 Å². The van der Waals surface area contributed by atoms with E-state index in [0.29, 0.717) is 6.42 Å². The van der Waals surface area contributed by atoms with E-state index in [1.54, 1.807) is 0 Å². The maximum atomic E-state index is 11.9. The monoisotopic (exact) mass is 492 g/mol. The summed E-state index contributed by atoms with van der Waals surface area (Å²) >= 11 is 0. The molecule has 204 valence electrons. The number of ether oxygens (including phenoxy) is 1. The third-order valence-corrected chi connectivity index (χ3v) is 6.66. The van der Waals surface area contributed by atoms with E-state index >= 15 is 0 Å². The van der Waals surface area contributed by atoms with Gasteiger partial charge >= 0.3 is 11.9 Å². The maximum Gasteiger partial charge on any atom is 0.309 e. The fraction of sp³-hybridized carbons (Fsp3) is 0.806. The Morgan fingerprint density at radius 3 is 1.57 bits per heavy atom. The second kappa shape index (κ2) is 27.0. The summed E-state index contributed by atoms with van der Waals surface area (Å²) in [5, 5.41) is 9.01. The van der Waals surface area contributed by atoms with Crippen molar-refractivity contribution in [2.24, 2.45) is 5.92 Å². The van der Waals surface area contributed by atoms with Crippen molar-refractivity contribution in [1.29, 1.82) is 0 Å². The molecule has 0 amide bonds. The first-order chi connectivity index (χ1) is 17.1. The minimum Gasteiger partial charge on any atom is -0.481 e. The number of carbonyl (C=O) groups is 2. The largest absolute Gasteiger partial charge is 0.481 e. The number of carboxylic acid groups (broad SMARTS) is 1. The third kappa shape index (κ3) is 25.3. The van der Waals surface area contributed by atoms with E-state index in [0.717, 1.165) is 19.3 Å². The van der Waals surface area contributed by atoms with Gasteiger partial charge in [0.05, 0.1) is 12.3 Å². The van der Waals surface area contributed by atoms with Crippen molar-refractivity contribution in [3.8, 4) is 0 Å². The Labute approximate surface area is 217 Å². The van der Waals surface area contributed by atoms with E-state index in [2.05, 4.69) is 25.7 Å². The number of aliphatic carboxylic acids is 1. The first-order valence-corrected chi connectivity index (χ1v) is 14.8. The molecular formula is C31H56O4. The Morgan fingerprint density at radius 2 is 1.14 bits per heavy atom. The van der Waals surface area contributed by atoms with Crippen LogP contribution in [0.3, 0.4) is 0 Å². The van der Waals surface area contributed by atoms with E-state index in [1.807, 2.05) is 0 Å². The summed E-state index contributed by atoms with van der Waals surface area (Å²) in [6.07, 6.45) is 32.7. The Morgan fingerprint density at radius 1 is 0.714 bits per heavy atom. The molecular weight excluding hydrogens is 436 g/mol. The number of rotatable bonds is 27. The van der Waals surface area contributed by atoms with Crippen molar-refractivity contribution in [2.75, 3.05) is 6.61 Å². The minimum atomic E-state index is -0.942. The maximum absolute atomic E-state index is 11.9. The predicted molar refractivity (Wildman–Crippen MR) is 149 cm³/mol. The highest BCUT2D eigenvalue weighted by atomic mass is 16.5. The highest BCUT2D eigenvalue weighted by molar-refractivity contribution is 5.79. The molecule has 0 aliphatic rings. The van der Waals surface area contributed by atoms with E-state index in [-0.39, 0.29) is 13.0 Å². The molecule has 0 aromatic rings. The normalized spacial score (nSPS) is 12.1. The molecule has 35 heavy (non-hydrogen) atoms. The number of hydrogen-bond donors (Lipinski definition) is 1. The molecule has 0 aromatic heterocycles. The minimum absolute atomic E-state index is 0.145. The average molecular weight is 493 g/mol. The van der Waals surface area contributed by atoms with Gasteiger partial charge in [0.25, 0.3) is 0 Å². The van der Waals surface area contributed by atoms with Crippen LogP contribution in [0.25, 0.3) is 0 Å². The van der Waals surface area contributed by atoms with Gasteiger partial charge in [0.2, 0.25) is 0 Å². The average Bonchev–Trinajstić information content (AvgIpc) is 2.84. The smallest absolute Gasteiger partial charge is 0.309 e. The van der Waals surface area contributed by atoms with Crippen molar-refractivity contribution in [3.05, 3.63) is 24.8 Å². The lowest BCUT2D eigenvalue weighted by Crippen LogP contribution is -2.21. The number of esters is 1. The van der Waals surface area contributed by atoms with Crippen LogP contribution in [-0.2, 0) is 14.3 Å². The summed E-state index contributed by atoms with van der Waals surface area (Å²) in [5.74, 6) is -1.88. The summed E-state index contributed by atoms with van der Waals surface area (Å²) in [6, 6.07) is 0. The highest BCUT2D eigenvalue weighted by Crippen LogP contribution is 2.18. The molecule has 0 aliphatic heterocycles. The molecule has 0 saturated carbocycles. The summed E-state index contributed by atoms with van der Waals surface area (Å²) in [4.78, 5) is 22.9. The number of hydrogen-bond acceptors (Lipinski definition) is 3. The molecule has 0 aliphatic carbocycles. The van der Waals surface area contributed by atoms with Crippen LogP contribution in [0.5, 0.6) is 0 Å². The summed E-state index contributed by atoms with van der Waals surface area (Å²) in [5.41, 5.74) is 0. The van der Waals surface area contributed by atoms with Gasteiger partial charge in [-0.1, -0.05) is 141 Å². The van der Waals surface area contributed by atoms with Crippen LogP contribution in [0.2, 0.25) is 0 Å². The number of unbranched alkanes of at least 4 members (excludes halogenated alkanes) is 18. The quantitative estimate of drug-likeness (QED) is 0.0704. The lowest BCUT2D eigenvalue weighted by Gasteiger charge is -2.13. The Bertz CT molecular complexity index is 526. The fourth-order valence-electron chi connectivity index (χ4n) is 4.46. The van der Waals surface area contributed by atoms with Crippen LogP contribution in [-0.4, -0.2) is 23.7 Å². The van der Waals surface area contributed by atoms with E-state index < -0.39 is 17.9 Å². The number of carbonyl (C=O) groups excluding carboxylic acids is 1. The molecule has 1 N–H and O–H groups in total. The second-order valence-electron chi connectivity index (χ2n) is 10.1. The zero-order chi connectivity index (χ0) is 25.8. The van der Waals surface area contributed by atoms with Crippen LogP contribution in [0, 0.1) is 5.92 Å². The molecule has 0 aromatic carbocycles. The van der Waals surface area contributed by atoms with Gasteiger partial charge in [0.15, 0.2) is 0 Å².